The summed E-state index contributed by atoms with van der Waals surface area (Å²) in [7, 11) is -1.42. The van der Waals surface area contributed by atoms with Crippen molar-refractivity contribution in [1.29, 1.82) is 0 Å². The van der Waals surface area contributed by atoms with Crippen molar-refractivity contribution < 1.29 is 13.2 Å². The first-order valence-electron chi connectivity index (χ1n) is 6.77. The summed E-state index contributed by atoms with van der Waals surface area (Å²) in [4.78, 5) is 16.4. The van der Waals surface area contributed by atoms with Crippen LogP contribution in [0.4, 0.5) is 5.82 Å². The Morgan fingerprint density at radius 2 is 2.00 bits per heavy atom. The zero-order valence-corrected chi connectivity index (χ0v) is 13.4. The molecular formula is C13H22N4O3S. The maximum Gasteiger partial charge on any atom is 0.251 e. The SMILES string of the molecule is CCc1cc(C(=O)NCCCNS(C)(=O)=O)cc(NC)n1. The Morgan fingerprint density at radius 1 is 1.29 bits per heavy atom. The molecule has 1 rings (SSSR count). The summed E-state index contributed by atoms with van der Waals surface area (Å²) < 4.78 is 24.1. The molecule has 0 unspecified atom stereocenters. The van der Waals surface area contributed by atoms with Crippen LogP contribution in [0.2, 0.25) is 0 Å². The molecule has 0 spiro atoms. The monoisotopic (exact) mass is 314 g/mol. The Kier molecular flexibility index (Phi) is 6.57. The van der Waals surface area contributed by atoms with Crippen LogP contribution in [0.3, 0.4) is 0 Å². The zero-order valence-electron chi connectivity index (χ0n) is 12.6. The van der Waals surface area contributed by atoms with Crippen molar-refractivity contribution in [1.82, 2.24) is 15.0 Å². The van der Waals surface area contributed by atoms with Crippen molar-refractivity contribution in [3.63, 3.8) is 0 Å². The lowest BCUT2D eigenvalue weighted by Gasteiger charge is -2.09. The molecule has 0 bridgehead atoms. The van der Waals surface area contributed by atoms with E-state index in [0.29, 0.717) is 30.9 Å². The molecular weight excluding hydrogens is 292 g/mol. The van der Waals surface area contributed by atoms with E-state index in [1.807, 2.05) is 6.92 Å². The summed E-state index contributed by atoms with van der Waals surface area (Å²) in [6.45, 7) is 2.68. The molecule has 0 aliphatic heterocycles. The Hall–Kier alpha value is -1.67. The second-order valence-electron chi connectivity index (χ2n) is 4.61. The summed E-state index contributed by atoms with van der Waals surface area (Å²) in [5.74, 6) is 0.459. The van der Waals surface area contributed by atoms with Crippen LogP contribution >= 0.6 is 0 Å². The summed E-state index contributed by atoms with van der Waals surface area (Å²) in [5.41, 5.74) is 1.38. The normalized spacial score (nSPS) is 11.2. The number of sulfonamides is 1. The standard InChI is InChI=1S/C13H22N4O3S/c1-4-11-8-10(9-12(14-2)17-11)13(18)15-6-5-7-16-21(3,19)20/h8-9,16H,4-7H2,1-3H3,(H,14,17)(H,15,18). The minimum Gasteiger partial charge on any atom is -0.373 e. The number of carbonyl (C=O) groups excluding carboxylic acids is 1. The van der Waals surface area contributed by atoms with Crippen LogP contribution in [0.5, 0.6) is 0 Å². The summed E-state index contributed by atoms with van der Waals surface area (Å²) in [6, 6.07) is 3.44. The Labute approximate surface area is 125 Å². The summed E-state index contributed by atoms with van der Waals surface area (Å²) in [5, 5.41) is 5.68. The molecule has 0 aliphatic rings. The van der Waals surface area contributed by atoms with Crippen molar-refractivity contribution in [2.45, 2.75) is 19.8 Å². The first kappa shape index (κ1) is 17.4. The van der Waals surface area contributed by atoms with Gasteiger partial charge in [0.15, 0.2) is 0 Å². The molecule has 8 heteroatoms. The molecule has 1 aromatic heterocycles. The number of nitrogens with zero attached hydrogens (tertiary/aromatic N) is 1. The molecule has 7 nitrogen and oxygen atoms in total. The summed E-state index contributed by atoms with van der Waals surface area (Å²) >= 11 is 0. The number of nitrogens with one attached hydrogen (secondary N) is 3. The van der Waals surface area contributed by atoms with Gasteiger partial charge in [0.25, 0.3) is 5.91 Å². The maximum absolute atomic E-state index is 12.0. The predicted molar refractivity (Wildman–Crippen MR) is 83.0 cm³/mol. The van der Waals surface area contributed by atoms with Gasteiger partial charge in [-0.05, 0) is 25.0 Å². The minimum atomic E-state index is -3.17. The van der Waals surface area contributed by atoms with Gasteiger partial charge >= 0.3 is 0 Å². The first-order chi connectivity index (χ1) is 9.85. The fraction of sp³-hybridized carbons (Fsp3) is 0.538. The van der Waals surface area contributed by atoms with Crippen LogP contribution < -0.4 is 15.4 Å². The molecule has 1 aromatic rings. The lowest BCUT2D eigenvalue weighted by Crippen LogP contribution is -2.29. The largest absolute Gasteiger partial charge is 0.373 e. The van der Waals surface area contributed by atoms with Crippen molar-refractivity contribution in [2.24, 2.45) is 0 Å². The highest BCUT2D eigenvalue weighted by Gasteiger charge is 2.08. The number of aryl methyl sites for hydroxylation is 1. The molecule has 0 fully saturated rings. The van der Waals surface area contributed by atoms with E-state index in [1.54, 1.807) is 19.2 Å². The number of hydrogen-bond acceptors (Lipinski definition) is 5. The second-order valence-corrected chi connectivity index (χ2v) is 6.44. The molecule has 1 amide bonds. The molecule has 21 heavy (non-hydrogen) atoms. The molecule has 1 heterocycles. The van der Waals surface area contributed by atoms with Crippen LogP contribution in [0, 0.1) is 0 Å². The molecule has 0 radical (unpaired) electrons. The van der Waals surface area contributed by atoms with Crippen LogP contribution in [0.1, 0.15) is 29.4 Å². The number of amides is 1. The van der Waals surface area contributed by atoms with Gasteiger partial charge in [-0.2, -0.15) is 0 Å². The molecule has 0 aromatic carbocycles. The number of pyridine rings is 1. The van der Waals surface area contributed by atoms with Gasteiger partial charge in [-0.25, -0.2) is 18.1 Å². The highest BCUT2D eigenvalue weighted by Crippen LogP contribution is 2.10. The number of aromatic nitrogens is 1. The van der Waals surface area contributed by atoms with Crippen LogP contribution in [0.15, 0.2) is 12.1 Å². The Bertz CT molecular complexity index is 565. The third kappa shape index (κ3) is 6.54. The van der Waals surface area contributed by atoms with Crippen molar-refractivity contribution in [3.8, 4) is 0 Å². The van der Waals surface area contributed by atoms with E-state index >= 15 is 0 Å². The minimum absolute atomic E-state index is 0.192. The number of anilines is 1. The van der Waals surface area contributed by atoms with Gasteiger partial charge < -0.3 is 10.6 Å². The molecule has 0 aliphatic carbocycles. The Balaban J connectivity index is 2.52. The van der Waals surface area contributed by atoms with Gasteiger partial charge in [-0.15, -0.1) is 0 Å². The van der Waals surface area contributed by atoms with Crippen LogP contribution in [-0.4, -0.2) is 45.7 Å². The van der Waals surface area contributed by atoms with E-state index in [0.717, 1.165) is 18.4 Å². The topological polar surface area (TPSA) is 100 Å². The van der Waals surface area contributed by atoms with E-state index in [1.165, 1.54) is 0 Å². The number of rotatable bonds is 8. The fourth-order valence-electron chi connectivity index (χ4n) is 1.68. The van der Waals surface area contributed by atoms with Crippen molar-refractivity contribution in [3.05, 3.63) is 23.4 Å². The van der Waals surface area contributed by atoms with Gasteiger partial charge in [-0.3, -0.25) is 4.79 Å². The molecule has 118 valence electrons. The molecule has 0 saturated carbocycles. The molecule has 0 atom stereocenters. The smallest absolute Gasteiger partial charge is 0.251 e. The van der Waals surface area contributed by atoms with E-state index in [-0.39, 0.29) is 5.91 Å². The van der Waals surface area contributed by atoms with Gasteiger partial charge in [0.1, 0.15) is 5.82 Å². The van der Waals surface area contributed by atoms with E-state index < -0.39 is 10.0 Å². The van der Waals surface area contributed by atoms with E-state index in [2.05, 4.69) is 20.3 Å². The number of hydrogen-bond donors (Lipinski definition) is 3. The average molecular weight is 314 g/mol. The van der Waals surface area contributed by atoms with Gasteiger partial charge in [0, 0.05) is 31.4 Å². The lowest BCUT2D eigenvalue weighted by atomic mass is 10.2. The van der Waals surface area contributed by atoms with E-state index in [9.17, 15) is 13.2 Å². The summed E-state index contributed by atoms with van der Waals surface area (Å²) in [6.07, 6.45) is 2.38. The van der Waals surface area contributed by atoms with Crippen LogP contribution in [-0.2, 0) is 16.4 Å². The fourth-order valence-corrected chi connectivity index (χ4v) is 2.19. The average Bonchev–Trinajstić information content (AvgIpc) is 2.44. The van der Waals surface area contributed by atoms with Gasteiger partial charge in [0.05, 0.1) is 6.26 Å². The highest BCUT2D eigenvalue weighted by molar-refractivity contribution is 7.88. The van der Waals surface area contributed by atoms with Crippen molar-refractivity contribution >= 4 is 21.7 Å². The third-order valence-electron chi connectivity index (χ3n) is 2.76. The maximum atomic E-state index is 12.0. The van der Waals surface area contributed by atoms with Gasteiger partial charge in [0.2, 0.25) is 10.0 Å². The first-order valence-corrected chi connectivity index (χ1v) is 8.66. The number of carbonyl (C=O) groups is 1. The Morgan fingerprint density at radius 3 is 2.57 bits per heavy atom. The van der Waals surface area contributed by atoms with Crippen molar-refractivity contribution in [2.75, 3.05) is 31.7 Å². The van der Waals surface area contributed by atoms with Gasteiger partial charge in [-0.1, -0.05) is 6.92 Å². The van der Waals surface area contributed by atoms with Crippen LogP contribution in [0.25, 0.3) is 0 Å². The lowest BCUT2D eigenvalue weighted by molar-refractivity contribution is 0.0953. The zero-order chi connectivity index (χ0) is 15.9. The molecule has 0 saturated heterocycles. The quantitative estimate of drug-likeness (QED) is 0.601. The highest BCUT2D eigenvalue weighted by atomic mass is 32.2. The predicted octanol–water partition coefficient (Wildman–Crippen LogP) is 0.355. The van der Waals surface area contributed by atoms with E-state index in [4.69, 9.17) is 0 Å². The second kappa shape index (κ2) is 7.94. The third-order valence-corrected chi connectivity index (χ3v) is 3.49. The molecule has 3 N–H and O–H groups in total.